The third-order valence-electron chi connectivity index (χ3n) is 4.28. The molecule has 8 nitrogen and oxygen atoms in total. The van der Waals surface area contributed by atoms with Crippen LogP contribution in [0.5, 0.6) is 0 Å². The predicted octanol–water partition coefficient (Wildman–Crippen LogP) is 0.878. The van der Waals surface area contributed by atoms with Crippen LogP contribution in [0.2, 0.25) is 0 Å². The maximum Gasteiger partial charge on any atom is 0.274 e. The van der Waals surface area contributed by atoms with Crippen molar-refractivity contribution in [3.63, 3.8) is 0 Å². The summed E-state index contributed by atoms with van der Waals surface area (Å²) in [5.74, 6) is -0.173. The SMILES string of the molecule is CCc1cc(C(=O)N2CC[C@](O)(c3cn(C(C)C)nn3)C2)n[nH]1. The molecule has 0 bridgehead atoms. The molecule has 8 heteroatoms. The molecule has 1 aliphatic rings. The molecule has 124 valence electrons. The summed E-state index contributed by atoms with van der Waals surface area (Å²) in [4.78, 5) is 14.1. The minimum atomic E-state index is -1.15. The summed E-state index contributed by atoms with van der Waals surface area (Å²) >= 11 is 0. The number of carbonyl (C=O) groups is 1. The highest BCUT2D eigenvalue weighted by Gasteiger charge is 2.42. The van der Waals surface area contributed by atoms with Gasteiger partial charge in [-0.15, -0.1) is 5.10 Å². The Labute approximate surface area is 134 Å². The van der Waals surface area contributed by atoms with Crippen molar-refractivity contribution in [1.82, 2.24) is 30.1 Å². The van der Waals surface area contributed by atoms with Gasteiger partial charge in [0.15, 0.2) is 0 Å². The largest absolute Gasteiger partial charge is 0.381 e. The lowest BCUT2D eigenvalue weighted by molar-refractivity contribution is 0.0380. The Morgan fingerprint density at radius 1 is 1.52 bits per heavy atom. The highest BCUT2D eigenvalue weighted by atomic mass is 16.3. The van der Waals surface area contributed by atoms with Crippen LogP contribution in [-0.4, -0.2) is 54.2 Å². The number of hydrogen-bond donors (Lipinski definition) is 2. The van der Waals surface area contributed by atoms with Gasteiger partial charge >= 0.3 is 0 Å². The number of carbonyl (C=O) groups excluding carboxylic acids is 1. The van der Waals surface area contributed by atoms with Gasteiger partial charge in [-0.3, -0.25) is 9.89 Å². The fraction of sp³-hybridized carbons (Fsp3) is 0.600. The van der Waals surface area contributed by atoms with Gasteiger partial charge in [-0.25, -0.2) is 4.68 Å². The van der Waals surface area contributed by atoms with Gasteiger partial charge in [0.25, 0.3) is 5.91 Å². The minimum absolute atomic E-state index is 0.173. The molecular formula is C15H22N6O2. The molecule has 2 aromatic rings. The van der Waals surface area contributed by atoms with E-state index in [0.717, 1.165) is 12.1 Å². The zero-order valence-corrected chi connectivity index (χ0v) is 13.7. The Morgan fingerprint density at radius 2 is 2.30 bits per heavy atom. The monoisotopic (exact) mass is 318 g/mol. The first-order valence-corrected chi connectivity index (χ1v) is 7.91. The number of amides is 1. The summed E-state index contributed by atoms with van der Waals surface area (Å²) in [6, 6.07) is 1.94. The molecule has 2 N–H and O–H groups in total. The fourth-order valence-corrected chi connectivity index (χ4v) is 2.73. The summed E-state index contributed by atoms with van der Waals surface area (Å²) in [6.45, 7) is 6.66. The first-order valence-electron chi connectivity index (χ1n) is 7.91. The number of hydrogen-bond acceptors (Lipinski definition) is 5. The van der Waals surface area contributed by atoms with E-state index in [0.29, 0.717) is 24.4 Å². The highest BCUT2D eigenvalue weighted by molar-refractivity contribution is 5.92. The second-order valence-corrected chi connectivity index (χ2v) is 6.32. The zero-order chi connectivity index (χ0) is 16.6. The predicted molar refractivity (Wildman–Crippen MR) is 82.8 cm³/mol. The zero-order valence-electron chi connectivity index (χ0n) is 13.7. The Kier molecular flexibility index (Phi) is 3.93. The second kappa shape index (κ2) is 5.77. The lowest BCUT2D eigenvalue weighted by Crippen LogP contribution is -2.34. The molecule has 0 radical (unpaired) electrons. The van der Waals surface area contributed by atoms with Gasteiger partial charge in [0.1, 0.15) is 17.0 Å². The van der Waals surface area contributed by atoms with Crippen LogP contribution in [0, 0.1) is 0 Å². The van der Waals surface area contributed by atoms with E-state index in [4.69, 9.17) is 0 Å². The van der Waals surface area contributed by atoms with Crippen LogP contribution < -0.4 is 0 Å². The third kappa shape index (κ3) is 2.86. The number of nitrogens with zero attached hydrogens (tertiary/aromatic N) is 5. The van der Waals surface area contributed by atoms with Crippen molar-refractivity contribution < 1.29 is 9.90 Å². The van der Waals surface area contributed by atoms with Crippen molar-refractivity contribution >= 4 is 5.91 Å². The van der Waals surface area contributed by atoms with Gasteiger partial charge in [-0.2, -0.15) is 5.10 Å². The van der Waals surface area contributed by atoms with Crippen molar-refractivity contribution in [2.75, 3.05) is 13.1 Å². The quantitative estimate of drug-likeness (QED) is 0.871. The first-order chi connectivity index (χ1) is 10.9. The van der Waals surface area contributed by atoms with Gasteiger partial charge in [-0.05, 0) is 26.3 Å². The van der Waals surface area contributed by atoms with Crippen LogP contribution in [0.1, 0.15) is 55.1 Å². The minimum Gasteiger partial charge on any atom is -0.381 e. The van der Waals surface area contributed by atoms with E-state index in [-0.39, 0.29) is 18.5 Å². The van der Waals surface area contributed by atoms with E-state index in [1.165, 1.54) is 0 Å². The molecule has 1 aliphatic heterocycles. The average molecular weight is 318 g/mol. The molecule has 0 aromatic carbocycles. The van der Waals surface area contributed by atoms with Crippen LogP contribution in [-0.2, 0) is 12.0 Å². The second-order valence-electron chi connectivity index (χ2n) is 6.32. The van der Waals surface area contributed by atoms with Gasteiger partial charge in [0.2, 0.25) is 0 Å². The number of likely N-dealkylation sites (tertiary alicyclic amines) is 1. The number of β-amino-alcohol motifs (C(OH)–C–C–N with tert-alkyl or cyclic N) is 1. The average Bonchev–Trinajstić information content (AvgIpc) is 3.25. The summed E-state index contributed by atoms with van der Waals surface area (Å²) in [5.41, 5.74) is 0.671. The molecule has 0 unspecified atom stereocenters. The van der Waals surface area contributed by atoms with Gasteiger partial charge < -0.3 is 10.0 Å². The standard InChI is InChI=1S/C15H22N6O2/c1-4-11-7-12(17-16-11)14(22)20-6-5-15(23,9-20)13-8-21(10(2)3)19-18-13/h7-8,10,23H,4-6,9H2,1-3H3,(H,16,17)/t15-/m1/s1. The summed E-state index contributed by atoms with van der Waals surface area (Å²) in [6.07, 6.45) is 2.99. The van der Waals surface area contributed by atoms with Crippen molar-refractivity contribution in [2.45, 2.75) is 45.3 Å². The van der Waals surface area contributed by atoms with E-state index in [1.54, 1.807) is 21.8 Å². The van der Waals surface area contributed by atoms with E-state index in [9.17, 15) is 9.90 Å². The molecule has 0 spiro atoms. The number of rotatable bonds is 4. The van der Waals surface area contributed by atoms with E-state index in [2.05, 4.69) is 20.5 Å². The normalized spacial score (nSPS) is 21.3. The topological polar surface area (TPSA) is 99.9 Å². The van der Waals surface area contributed by atoms with Crippen LogP contribution in [0.15, 0.2) is 12.3 Å². The first kappa shape index (κ1) is 15.7. The number of aliphatic hydroxyl groups is 1. The number of aryl methyl sites for hydroxylation is 1. The van der Waals surface area contributed by atoms with E-state index in [1.807, 2.05) is 20.8 Å². The summed E-state index contributed by atoms with van der Waals surface area (Å²) in [7, 11) is 0. The Bertz CT molecular complexity index is 706. The molecule has 3 heterocycles. The lowest BCUT2D eigenvalue weighted by atomic mass is 10.00. The van der Waals surface area contributed by atoms with Gasteiger partial charge in [0.05, 0.1) is 12.7 Å². The van der Waals surface area contributed by atoms with Crippen LogP contribution in [0.3, 0.4) is 0 Å². The molecule has 1 amide bonds. The molecule has 23 heavy (non-hydrogen) atoms. The summed E-state index contributed by atoms with van der Waals surface area (Å²) in [5, 5.41) is 25.8. The Balaban J connectivity index is 1.74. The van der Waals surface area contributed by atoms with Gasteiger partial charge in [0, 0.05) is 24.7 Å². The van der Waals surface area contributed by atoms with Crippen LogP contribution in [0.25, 0.3) is 0 Å². The van der Waals surface area contributed by atoms with Crippen molar-refractivity contribution in [1.29, 1.82) is 0 Å². The molecule has 2 aromatic heterocycles. The van der Waals surface area contributed by atoms with Crippen LogP contribution >= 0.6 is 0 Å². The smallest absolute Gasteiger partial charge is 0.274 e. The van der Waals surface area contributed by atoms with E-state index < -0.39 is 5.60 Å². The summed E-state index contributed by atoms with van der Waals surface area (Å²) < 4.78 is 1.71. The molecule has 1 atom stereocenters. The van der Waals surface area contributed by atoms with E-state index >= 15 is 0 Å². The molecule has 0 saturated carbocycles. The number of aromatic nitrogens is 5. The van der Waals surface area contributed by atoms with Crippen molar-refractivity contribution in [3.05, 3.63) is 29.3 Å². The maximum atomic E-state index is 12.5. The number of H-pyrrole nitrogens is 1. The molecular weight excluding hydrogens is 296 g/mol. The lowest BCUT2D eigenvalue weighted by Gasteiger charge is -2.20. The van der Waals surface area contributed by atoms with Crippen LogP contribution in [0.4, 0.5) is 0 Å². The fourth-order valence-electron chi connectivity index (χ4n) is 2.73. The third-order valence-corrected chi connectivity index (χ3v) is 4.28. The van der Waals surface area contributed by atoms with Crippen molar-refractivity contribution in [2.24, 2.45) is 0 Å². The molecule has 0 aliphatic carbocycles. The van der Waals surface area contributed by atoms with Crippen molar-refractivity contribution in [3.8, 4) is 0 Å². The Morgan fingerprint density at radius 3 is 2.91 bits per heavy atom. The number of aromatic amines is 1. The maximum absolute atomic E-state index is 12.5. The molecule has 3 rings (SSSR count). The van der Waals surface area contributed by atoms with Gasteiger partial charge in [-0.1, -0.05) is 12.1 Å². The number of nitrogens with one attached hydrogen (secondary N) is 1. The molecule has 1 saturated heterocycles. The molecule has 1 fully saturated rings. The highest BCUT2D eigenvalue weighted by Crippen LogP contribution is 2.31. The Hall–Kier alpha value is -2.22.